The van der Waals surface area contributed by atoms with Gasteiger partial charge in [-0.15, -0.1) is 0 Å². The molecule has 1 rings (SSSR count). The molecule has 5 nitrogen and oxygen atoms in total. The van der Waals surface area contributed by atoms with Crippen molar-refractivity contribution in [3.05, 3.63) is 17.7 Å². The van der Waals surface area contributed by atoms with E-state index in [1.54, 1.807) is 31.3 Å². The number of halogens is 2. The van der Waals surface area contributed by atoms with Gasteiger partial charge in [0.25, 0.3) is 5.91 Å². The predicted molar refractivity (Wildman–Crippen MR) is 87.3 cm³/mol. The highest BCUT2D eigenvalue weighted by atomic mass is 35.5. The maximum Gasteiger partial charge on any atom is 0.256 e. The van der Waals surface area contributed by atoms with Gasteiger partial charge in [0.05, 0.1) is 21.3 Å². The minimum atomic E-state index is -1.09. The Kier molecular flexibility index (Phi) is 7.10. The predicted octanol–water partition coefficient (Wildman–Crippen LogP) is 3.25. The van der Waals surface area contributed by atoms with Crippen LogP contribution in [0.25, 0.3) is 0 Å². The highest BCUT2D eigenvalue weighted by Crippen LogP contribution is 2.38. The summed E-state index contributed by atoms with van der Waals surface area (Å²) in [5.74, 6) is 1.22. The molecule has 0 heterocycles. The average molecular weight is 350 g/mol. The number of carbonyl (C=O) groups excluding carboxylic acids is 1. The molecule has 0 saturated heterocycles. The van der Waals surface area contributed by atoms with Gasteiger partial charge in [0.15, 0.2) is 16.3 Å². The third-order valence-corrected chi connectivity index (χ3v) is 3.54. The molecule has 0 spiro atoms. The zero-order valence-corrected chi connectivity index (χ0v) is 14.9. The molecule has 1 amide bonds. The van der Waals surface area contributed by atoms with Crippen LogP contribution in [0.3, 0.4) is 0 Å². The maximum atomic E-state index is 12.1. The summed E-state index contributed by atoms with van der Waals surface area (Å²) in [6.45, 7) is 4.13. The van der Waals surface area contributed by atoms with E-state index in [0.717, 1.165) is 5.56 Å². The first-order valence-corrected chi connectivity index (χ1v) is 7.60. The molecule has 0 atom stereocenters. The van der Waals surface area contributed by atoms with Crippen molar-refractivity contribution in [1.29, 1.82) is 0 Å². The van der Waals surface area contributed by atoms with Crippen LogP contribution in [-0.2, 0) is 11.3 Å². The summed E-state index contributed by atoms with van der Waals surface area (Å²) in [5, 5.41) is 0. The van der Waals surface area contributed by atoms with Crippen molar-refractivity contribution in [1.82, 2.24) is 4.90 Å². The quantitative estimate of drug-likeness (QED) is 0.709. The molecule has 0 saturated carbocycles. The number of carbonyl (C=O) groups is 1. The summed E-state index contributed by atoms with van der Waals surface area (Å²) < 4.78 is 15.9. The number of rotatable bonds is 7. The van der Waals surface area contributed by atoms with E-state index in [1.807, 2.05) is 13.8 Å². The molecule has 0 unspecified atom stereocenters. The van der Waals surface area contributed by atoms with Crippen LogP contribution in [0.1, 0.15) is 19.4 Å². The third kappa shape index (κ3) is 4.34. The molecule has 1 aromatic carbocycles. The second-order valence-electron chi connectivity index (χ2n) is 4.89. The van der Waals surface area contributed by atoms with E-state index >= 15 is 0 Å². The number of methoxy groups -OCH3 is 3. The monoisotopic (exact) mass is 349 g/mol. The summed E-state index contributed by atoms with van der Waals surface area (Å²) >= 11 is 11.4. The van der Waals surface area contributed by atoms with E-state index in [9.17, 15) is 4.79 Å². The van der Waals surface area contributed by atoms with Crippen molar-refractivity contribution in [2.75, 3.05) is 21.3 Å². The third-order valence-electron chi connectivity index (χ3n) is 3.17. The van der Waals surface area contributed by atoms with E-state index in [0.29, 0.717) is 23.8 Å². The highest BCUT2D eigenvalue weighted by molar-refractivity contribution is 6.53. The van der Waals surface area contributed by atoms with Gasteiger partial charge in [0, 0.05) is 12.6 Å². The zero-order chi connectivity index (χ0) is 16.9. The van der Waals surface area contributed by atoms with Crippen molar-refractivity contribution >= 4 is 29.1 Å². The molecule has 0 aliphatic heterocycles. The molecule has 0 radical (unpaired) electrons. The second-order valence-corrected chi connectivity index (χ2v) is 5.99. The smallest absolute Gasteiger partial charge is 0.256 e. The van der Waals surface area contributed by atoms with Crippen LogP contribution >= 0.6 is 23.2 Å². The molecule has 0 fully saturated rings. The standard InChI is InChI=1S/C15H21Cl2NO4/c1-9(2)18(15(19)14(16)17)8-10-6-11(20-3)13(22-5)12(7-10)21-4/h6-7,9,14H,8H2,1-5H3. The molecule has 0 bridgehead atoms. The summed E-state index contributed by atoms with van der Waals surface area (Å²) in [5.41, 5.74) is 0.825. The molecule has 0 N–H and O–H groups in total. The van der Waals surface area contributed by atoms with Crippen LogP contribution in [0.15, 0.2) is 12.1 Å². The fourth-order valence-corrected chi connectivity index (χ4v) is 2.31. The lowest BCUT2D eigenvalue weighted by Gasteiger charge is -2.28. The van der Waals surface area contributed by atoms with Crippen molar-refractivity contribution in [2.45, 2.75) is 31.3 Å². The SMILES string of the molecule is COc1cc(CN(C(=O)C(Cl)Cl)C(C)C)cc(OC)c1OC. The van der Waals surface area contributed by atoms with Gasteiger partial charge in [-0.1, -0.05) is 23.2 Å². The minimum Gasteiger partial charge on any atom is -0.493 e. The number of nitrogens with zero attached hydrogens (tertiary/aromatic N) is 1. The summed E-state index contributed by atoms with van der Waals surface area (Å²) in [6.07, 6.45) is 0. The number of hydrogen-bond donors (Lipinski definition) is 0. The van der Waals surface area contributed by atoms with E-state index < -0.39 is 4.84 Å². The van der Waals surface area contributed by atoms with Crippen molar-refractivity contribution in [2.24, 2.45) is 0 Å². The molecular formula is C15H21Cl2NO4. The van der Waals surface area contributed by atoms with E-state index in [4.69, 9.17) is 37.4 Å². The van der Waals surface area contributed by atoms with Crippen LogP contribution in [0.2, 0.25) is 0 Å². The first-order valence-electron chi connectivity index (χ1n) is 6.73. The fraction of sp³-hybridized carbons (Fsp3) is 0.533. The number of benzene rings is 1. The van der Waals surface area contributed by atoms with E-state index in [1.165, 1.54) is 7.11 Å². The Labute approximate surface area is 141 Å². The first-order chi connectivity index (χ1) is 10.3. The van der Waals surface area contributed by atoms with Crippen LogP contribution in [0, 0.1) is 0 Å². The normalized spacial score (nSPS) is 10.8. The molecule has 0 aliphatic rings. The van der Waals surface area contributed by atoms with Crippen LogP contribution in [0.5, 0.6) is 17.2 Å². The van der Waals surface area contributed by atoms with Gasteiger partial charge in [-0.3, -0.25) is 4.79 Å². The zero-order valence-electron chi connectivity index (χ0n) is 13.4. The Morgan fingerprint density at radius 1 is 1.09 bits per heavy atom. The van der Waals surface area contributed by atoms with Gasteiger partial charge in [0.2, 0.25) is 5.75 Å². The molecule has 0 aliphatic carbocycles. The van der Waals surface area contributed by atoms with E-state index in [2.05, 4.69) is 0 Å². The van der Waals surface area contributed by atoms with Crippen molar-refractivity contribution in [3.63, 3.8) is 0 Å². The number of hydrogen-bond acceptors (Lipinski definition) is 4. The Morgan fingerprint density at radius 3 is 1.91 bits per heavy atom. The lowest BCUT2D eigenvalue weighted by molar-refractivity contribution is -0.131. The van der Waals surface area contributed by atoms with Gasteiger partial charge in [-0.05, 0) is 31.5 Å². The molecule has 124 valence electrons. The number of amides is 1. The Hall–Kier alpha value is -1.33. The summed E-state index contributed by atoms with van der Waals surface area (Å²) in [7, 11) is 4.62. The minimum absolute atomic E-state index is 0.0495. The van der Waals surface area contributed by atoms with Gasteiger partial charge in [0.1, 0.15) is 0 Å². The van der Waals surface area contributed by atoms with Crippen molar-refractivity contribution < 1.29 is 19.0 Å². The maximum absolute atomic E-state index is 12.1. The summed E-state index contributed by atoms with van der Waals surface area (Å²) in [6, 6.07) is 3.54. The lowest BCUT2D eigenvalue weighted by atomic mass is 10.1. The molecular weight excluding hydrogens is 329 g/mol. The number of ether oxygens (including phenoxy) is 3. The van der Waals surface area contributed by atoms with Crippen LogP contribution < -0.4 is 14.2 Å². The highest BCUT2D eigenvalue weighted by Gasteiger charge is 2.24. The fourth-order valence-electron chi connectivity index (χ4n) is 2.06. The summed E-state index contributed by atoms with van der Waals surface area (Å²) in [4.78, 5) is 12.6. The van der Waals surface area contributed by atoms with Gasteiger partial charge >= 0.3 is 0 Å². The second kappa shape index (κ2) is 8.34. The van der Waals surface area contributed by atoms with Crippen molar-refractivity contribution in [3.8, 4) is 17.2 Å². The topological polar surface area (TPSA) is 48.0 Å². The Morgan fingerprint density at radius 2 is 1.59 bits per heavy atom. The van der Waals surface area contributed by atoms with Crippen LogP contribution in [0.4, 0.5) is 0 Å². The van der Waals surface area contributed by atoms with E-state index in [-0.39, 0.29) is 11.9 Å². The lowest BCUT2D eigenvalue weighted by Crippen LogP contribution is -2.39. The Bertz CT molecular complexity index is 495. The average Bonchev–Trinajstić information content (AvgIpc) is 2.50. The Balaban J connectivity index is 3.17. The molecule has 0 aromatic heterocycles. The van der Waals surface area contributed by atoms with Gasteiger partial charge in [-0.2, -0.15) is 0 Å². The van der Waals surface area contributed by atoms with Gasteiger partial charge < -0.3 is 19.1 Å². The largest absolute Gasteiger partial charge is 0.493 e. The number of alkyl halides is 2. The molecule has 22 heavy (non-hydrogen) atoms. The first kappa shape index (κ1) is 18.7. The molecule has 7 heteroatoms. The van der Waals surface area contributed by atoms with Gasteiger partial charge in [-0.25, -0.2) is 0 Å². The van der Waals surface area contributed by atoms with Crippen LogP contribution in [-0.4, -0.2) is 43.0 Å². The molecule has 1 aromatic rings.